The largest absolute Gasteiger partial charge is 0.466 e. The lowest BCUT2D eigenvalue weighted by atomic mass is 10.1. The van der Waals surface area contributed by atoms with Crippen LogP contribution in [0, 0.1) is 5.92 Å². The minimum absolute atomic E-state index is 0.0708. The Morgan fingerprint density at radius 3 is 2.22 bits per heavy atom. The summed E-state index contributed by atoms with van der Waals surface area (Å²) in [4.78, 5) is 23.2. The number of hydrogen-bond donors (Lipinski definition) is 2. The van der Waals surface area contributed by atoms with Gasteiger partial charge in [-0.1, -0.05) is 6.92 Å². The summed E-state index contributed by atoms with van der Waals surface area (Å²) in [6.45, 7) is 11.9. The van der Waals surface area contributed by atoms with Gasteiger partial charge in [0.25, 0.3) is 0 Å². The maximum atomic E-state index is 11.8. The molecule has 2 N–H and O–H groups in total. The lowest BCUT2D eigenvalue weighted by Gasteiger charge is -2.24. The first-order valence-corrected chi connectivity index (χ1v) is 6.39. The van der Waals surface area contributed by atoms with Crippen molar-refractivity contribution in [2.24, 2.45) is 5.92 Å². The number of esters is 1. The molecule has 0 saturated heterocycles. The van der Waals surface area contributed by atoms with Crippen LogP contribution >= 0.6 is 0 Å². The minimum atomic E-state index is -0.332. The molecule has 0 aliphatic carbocycles. The quantitative estimate of drug-likeness (QED) is 0.700. The molecule has 18 heavy (non-hydrogen) atoms. The number of carbonyl (C=O) groups excluding carboxylic acids is 2. The lowest BCUT2D eigenvalue weighted by Crippen LogP contribution is -2.50. The molecular weight excluding hydrogens is 232 g/mol. The fraction of sp³-hybridized carbons (Fsp3) is 0.846. The Bertz CT molecular complexity index is 284. The fourth-order valence-corrected chi connectivity index (χ4v) is 1.29. The van der Waals surface area contributed by atoms with Crippen LogP contribution in [-0.2, 0) is 14.3 Å². The number of rotatable bonds is 6. The van der Waals surface area contributed by atoms with Gasteiger partial charge in [-0.15, -0.1) is 0 Å². The molecule has 1 amide bonds. The van der Waals surface area contributed by atoms with Gasteiger partial charge in [0.05, 0.1) is 18.6 Å². The van der Waals surface area contributed by atoms with E-state index in [1.807, 2.05) is 20.8 Å². The van der Waals surface area contributed by atoms with Crippen molar-refractivity contribution in [2.45, 2.75) is 53.1 Å². The van der Waals surface area contributed by atoms with Gasteiger partial charge in [0.1, 0.15) is 0 Å². The van der Waals surface area contributed by atoms with Crippen molar-refractivity contribution in [1.29, 1.82) is 0 Å². The molecule has 0 heterocycles. The van der Waals surface area contributed by atoms with Crippen molar-refractivity contribution in [3.63, 3.8) is 0 Å². The van der Waals surface area contributed by atoms with Gasteiger partial charge in [-0.25, -0.2) is 0 Å². The topological polar surface area (TPSA) is 67.4 Å². The van der Waals surface area contributed by atoms with E-state index >= 15 is 0 Å². The SMILES string of the molecule is CCOC(=O)C(C)CNC(C)C(=O)NC(C)(C)C. The summed E-state index contributed by atoms with van der Waals surface area (Å²) in [7, 11) is 0. The first-order valence-electron chi connectivity index (χ1n) is 6.39. The van der Waals surface area contributed by atoms with Crippen molar-refractivity contribution >= 4 is 11.9 Å². The highest BCUT2D eigenvalue weighted by Gasteiger charge is 2.21. The Labute approximate surface area is 110 Å². The van der Waals surface area contributed by atoms with E-state index in [9.17, 15) is 9.59 Å². The first kappa shape index (κ1) is 16.9. The van der Waals surface area contributed by atoms with Crippen LogP contribution in [0.4, 0.5) is 0 Å². The number of amides is 1. The van der Waals surface area contributed by atoms with Gasteiger partial charge < -0.3 is 15.4 Å². The van der Waals surface area contributed by atoms with Gasteiger partial charge in [0.2, 0.25) is 5.91 Å². The van der Waals surface area contributed by atoms with Crippen LogP contribution in [0.5, 0.6) is 0 Å². The highest BCUT2D eigenvalue weighted by Crippen LogP contribution is 2.01. The van der Waals surface area contributed by atoms with Crippen LogP contribution in [0.15, 0.2) is 0 Å². The van der Waals surface area contributed by atoms with E-state index in [-0.39, 0.29) is 29.4 Å². The molecule has 0 saturated carbocycles. The number of hydrogen-bond acceptors (Lipinski definition) is 4. The molecule has 0 aliphatic heterocycles. The third-order valence-electron chi connectivity index (χ3n) is 2.31. The van der Waals surface area contributed by atoms with Crippen molar-refractivity contribution < 1.29 is 14.3 Å². The van der Waals surface area contributed by atoms with Crippen molar-refractivity contribution in [3.8, 4) is 0 Å². The maximum absolute atomic E-state index is 11.8. The Kier molecular flexibility index (Phi) is 6.91. The van der Waals surface area contributed by atoms with Crippen LogP contribution in [0.3, 0.4) is 0 Å². The second-order valence-corrected chi connectivity index (χ2v) is 5.52. The van der Waals surface area contributed by atoms with E-state index in [1.54, 1.807) is 20.8 Å². The maximum Gasteiger partial charge on any atom is 0.309 e. The second-order valence-electron chi connectivity index (χ2n) is 5.52. The zero-order chi connectivity index (χ0) is 14.3. The van der Waals surface area contributed by atoms with E-state index in [4.69, 9.17) is 4.74 Å². The number of ether oxygens (including phenoxy) is 1. The molecule has 0 rings (SSSR count). The van der Waals surface area contributed by atoms with E-state index < -0.39 is 0 Å². The van der Waals surface area contributed by atoms with Crippen LogP contribution in [-0.4, -0.2) is 36.6 Å². The van der Waals surface area contributed by atoms with Crippen molar-refractivity contribution in [1.82, 2.24) is 10.6 Å². The van der Waals surface area contributed by atoms with Crippen molar-refractivity contribution in [2.75, 3.05) is 13.2 Å². The minimum Gasteiger partial charge on any atom is -0.466 e. The summed E-state index contributed by atoms with van der Waals surface area (Å²) in [5.41, 5.74) is -0.250. The standard InChI is InChI=1S/C13H26N2O3/c1-7-18-12(17)9(2)8-14-10(3)11(16)15-13(4,5)6/h9-10,14H,7-8H2,1-6H3,(H,15,16). The molecule has 2 unspecified atom stereocenters. The summed E-state index contributed by atoms with van der Waals surface area (Å²) in [5, 5.41) is 5.91. The highest BCUT2D eigenvalue weighted by atomic mass is 16.5. The molecule has 0 aromatic carbocycles. The van der Waals surface area contributed by atoms with Crippen LogP contribution < -0.4 is 10.6 Å². The van der Waals surface area contributed by atoms with Gasteiger partial charge in [0.15, 0.2) is 0 Å². The molecule has 106 valence electrons. The van der Waals surface area contributed by atoms with Gasteiger partial charge in [-0.3, -0.25) is 9.59 Å². The van der Waals surface area contributed by atoms with E-state index in [0.717, 1.165) is 0 Å². The summed E-state index contributed by atoms with van der Waals surface area (Å²) in [6.07, 6.45) is 0. The Balaban J connectivity index is 4.06. The summed E-state index contributed by atoms with van der Waals surface area (Å²) in [5.74, 6) is -0.568. The zero-order valence-electron chi connectivity index (χ0n) is 12.3. The van der Waals surface area contributed by atoms with Crippen LogP contribution in [0.25, 0.3) is 0 Å². The fourth-order valence-electron chi connectivity index (χ4n) is 1.29. The molecule has 0 spiro atoms. The third-order valence-corrected chi connectivity index (χ3v) is 2.31. The Morgan fingerprint density at radius 1 is 1.22 bits per heavy atom. The predicted molar refractivity (Wildman–Crippen MR) is 71.2 cm³/mol. The Morgan fingerprint density at radius 2 is 1.78 bits per heavy atom. The summed E-state index contributed by atoms with van der Waals surface area (Å²) >= 11 is 0. The van der Waals surface area contributed by atoms with Gasteiger partial charge in [0, 0.05) is 12.1 Å². The number of carbonyl (C=O) groups is 2. The van der Waals surface area contributed by atoms with Gasteiger partial charge in [-0.2, -0.15) is 0 Å². The van der Waals surface area contributed by atoms with E-state index in [1.165, 1.54) is 0 Å². The first-order chi connectivity index (χ1) is 8.17. The monoisotopic (exact) mass is 258 g/mol. The molecule has 0 radical (unpaired) electrons. The average Bonchev–Trinajstić information content (AvgIpc) is 2.23. The summed E-state index contributed by atoms with van der Waals surface area (Å²) in [6, 6.07) is -0.332. The molecule has 2 atom stereocenters. The third kappa shape index (κ3) is 7.27. The van der Waals surface area contributed by atoms with Crippen LogP contribution in [0.1, 0.15) is 41.5 Å². The highest BCUT2D eigenvalue weighted by molar-refractivity contribution is 5.82. The molecular formula is C13H26N2O3. The van der Waals surface area contributed by atoms with Crippen molar-refractivity contribution in [3.05, 3.63) is 0 Å². The average molecular weight is 258 g/mol. The van der Waals surface area contributed by atoms with Crippen LogP contribution in [0.2, 0.25) is 0 Å². The molecule has 0 aliphatic rings. The van der Waals surface area contributed by atoms with E-state index in [0.29, 0.717) is 13.2 Å². The number of nitrogens with one attached hydrogen (secondary N) is 2. The molecule has 0 fully saturated rings. The normalized spacial score (nSPS) is 14.8. The second kappa shape index (κ2) is 7.36. The van der Waals surface area contributed by atoms with Gasteiger partial charge >= 0.3 is 5.97 Å². The molecule has 5 nitrogen and oxygen atoms in total. The summed E-state index contributed by atoms with van der Waals surface area (Å²) < 4.78 is 4.90. The van der Waals surface area contributed by atoms with Gasteiger partial charge in [-0.05, 0) is 34.6 Å². The van der Waals surface area contributed by atoms with E-state index in [2.05, 4.69) is 10.6 Å². The molecule has 0 aromatic rings. The predicted octanol–water partition coefficient (Wildman–Crippen LogP) is 1.08. The smallest absolute Gasteiger partial charge is 0.309 e. The molecule has 0 aromatic heterocycles. The zero-order valence-corrected chi connectivity index (χ0v) is 12.3. The lowest BCUT2D eigenvalue weighted by molar-refractivity contribution is -0.147. The molecule has 5 heteroatoms. The Hall–Kier alpha value is -1.10. The molecule has 0 bridgehead atoms.